The minimum atomic E-state index is -0.489. The Labute approximate surface area is 92.2 Å². The second-order valence-electron chi connectivity index (χ2n) is 3.52. The number of allylic oxidation sites excluding steroid dienone is 1. The first kappa shape index (κ1) is 10.4. The van der Waals surface area contributed by atoms with Crippen molar-refractivity contribution in [1.29, 1.82) is 5.26 Å². The van der Waals surface area contributed by atoms with Crippen molar-refractivity contribution in [2.45, 2.75) is 12.8 Å². The predicted octanol–water partition coefficient (Wildman–Crippen LogP) is 2.36. The molecule has 0 aromatic heterocycles. The number of anilines is 1. The van der Waals surface area contributed by atoms with E-state index in [4.69, 9.17) is 5.26 Å². The zero-order valence-electron chi connectivity index (χ0n) is 8.46. The topological polar surface area (TPSA) is 52.9 Å². The van der Waals surface area contributed by atoms with Crippen molar-refractivity contribution in [1.82, 2.24) is 0 Å². The van der Waals surface area contributed by atoms with Crippen molar-refractivity contribution in [3.05, 3.63) is 41.2 Å². The van der Waals surface area contributed by atoms with Gasteiger partial charge in [-0.1, -0.05) is 6.08 Å². The molecular weight excluding hydrogens is 207 g/mol. The summed E-state index contributed by atoms with van der Waals surface area (Å²) >= 11 is 0. The van der Waals surface area contributed by atoms with Gasteiger partial charge in [0.15, 0.2) is 0 Å². The molecule has 80 valence electrons. The van der Waals surface area contributed by atoms with E-state index in [9.17, 15) is 9.18 Å². The van der Waals surface area contributed by atoms with Gasteiger partial charge in [-0.05, 0) is 31.0 Å². The third kappa shape index (κ3) is 1.94. The predicted molar refractivity (Wildman–Crippen MR) is 57.1 cm³/mol. The van der Waals surface area contributed by atoms with Crippen LogP contribution in [-0.4, -0.2) is 5.91 Å². The van der Waals surface area contributed by atoms with Crippen LogP contribution >= 0.6 is 0 Å². The third-order valence-corrected chi connectivity index (χ3v) is 2.45. The van der Waals surface area contributed by atoms with Crippen molar-refractivity contribution < 1.29 is 9.18 Å². The lowest BCUT2D eigenvalue weighted by atomic mass is 9.98. The molecule has 0 radical (unpaired) electrons. The summed E-state index contributed by atoms with van der Waals surface area (Å²) in [7, 11) is 0. The molecule has 0 heterocycles. The number of carbonyl (C=O) groups excluding carboxylic acids is 1. The standard InChI is InChI=1S/C12H9FN2O/c13-10-4-5-11(9(6-10)7-14)15-12(16)8-2-1-3-8/h2,4-6H,1,3H2,(H,15,16). The Bertz CT molecular complexity index is 514. The number of nitrogens with one attached hydrogen (secondary N) is 1. The van der Waals surface area contributed by atoms with Crippen LogP contribution in [0.2, 0.25) is 0 Å². The maximum Gasteiger partial charge on any atom is 0.251 e. The number of benzene rings is 1. The highest BCUT2D eigenvalue weighted by atomic mass is 19.1. The number of amides is 1. The van der Waals surface area contributed by atoms with E-state index in [1.54, 1.807) is 0 Å². The molecule has 3 nitrogen and oxygen atoms in total. The monoisotopic (exact) mass is 216 g/mol. The summed E-state index contributed by atoms with van der Waals surface area (Å²) in [4.78, 5) is 11.6. The second-order valence-corrected chi connectivity index (χ2v) is 3.52. The van der Waals surface area contributed by atoms with Crippen molar-refractivity contribution in [3.63, 3.8) is 0 Å². The van der Waals surface area contributed by atoms with Crippen molar-refractivity contribution in [2.24, 2.45) is 0 Å². The van der Waals surface area contributed by atoms with Crippen LogP contribution in [0.4, 0.5) is 10.1 Å². The van der Waals surface area contributed by atoms with E-state index < -0.39 is 5.82 Å². The van der Waals surface area contributed by atoms with E-state index in [-0.39, 0.29) is 11.5 Å². The Kier molecular flexibility index (Phi) is 2.69. The van der Waals surface area contributed by atoms with Crippen LogP contribution in [0.3, 0.4) is 0 Å². The summed E-state index contributed by atoms with van der Waals surface area (Å²) in [5.74, 6) is -0.702. The number of carbonyl (C=O) groups is 1. The van der Waals surface area contributed by atoms with Crippen LogP contribution in [0.15, 0.2) is 29.8 Å². The van der Waals surface area contributed by atoms with Gasteiger partial charge in [0, 0.05) is 5.57 Å². The van der Waals surface area contributed by atoms with Crippen LogP contribution in [0.25, 0.3) is 0 Å². The van der Waals surface area contributed by atoms with Gasteiger partial charge >= 0.3 is 0 Å². The first-order valence-corrected chi connectivity index (χ1v) is 4.91. The minimum absolute atomic E-state index is 0.133. The van der Waals surface area contributed by atoms with E-state index in [0.29, 0.717) is 11.3 Å². The number of nitriles is 1. The van der Waals surface area contributed by atoms with Gasteiger partial charge in [-0.3, -0.25) is 4.79 Å². The van der Waals surface area contributed by atoms with Crippen LogP contribution in [-0.2, 0) is 4.79 Å². The molecule has 1 aliphatic rings. The second kappa shape index (κ2) is 4.15. The van der Waals surface area contributed by atoms with E-state index in [0.717, 1.165) is 18.9 Å². The molecule has 1 aromatic rings. The van der Waals surface area contributed by atoms with E-state index in [1.807, 2.05) is 12.1 Å². The molecule has 0 saturated heterocycles. The van der Waals surface area contributed by atoms with Crippen LogP contribution in [0.1, 0.15) is 18.4 Å². The summed E-state index contributed by atoms with van der Waals surface area (Å²) in [5.41, 5.74) is 1.20. The van der Waals surface area contributed by atoms with Crippen LogP contribution in [0, 0.1) is 17.1 Å². The van der Waals surface area contributed by atoms with Crippen molar-refractivity contribution in [3.8, 4) is 6.07 Å². The number of hydrogen-bond acceptors (Lipinski definition) is 2. The molecule has 1 N–H and O–H groups in total. The Hall–Kier alpha value is -2.15. The molecule has 1 amide bonds. The van der Waals surface area contributed by atoms with Gasteiger partial charge < -0.3 is 5.32 Å². The molecule has 1 aromatic carbocycles. The number of rotatable bonds is 2. The SMILES string of the molecule is N#Cc1cc(F)ccc1NC(=O)C1=CCC1. The van der Waals surface area contributed by atoms with Gasteiger partial charge in [0.2, 0.25) is 0 Å². The summed E-state index contributed by atoms with van der Waals surface area (Å²) in [6.07, 6.45) is 3.51. The molecule has 1 aliphatic carbocycles. The Balaban J connectivity index is 2.21. The maximum atomic E-state index is 12.8. The first-order valence-electron chi connectivity index (χ1n) is 4.91. The molecule has 0 atom stereocenters. The Morgan fingerprint density at radius 3 is 2.81 bits per heavy atom. The molecule has 0 saturated carbocycles. The molecule has 0 aliphatic heterocycles. The lowest BCUT2D eigenvalue weighted by Crippen LogP contribution is -2.18. The third-order valence-electron chi connectivity index (χ3n) is 2.45. The van der Waals surface area contributed by atoms with Crippen molar-refractivity contribution >= 4 is 11.6 Å². The van der Waals surface area contributed by atoms with E-state index in [2.05, 4.69) is 5.32 Å². The molecule has 0 fully saturated rings. The number of halogens is 1. The van der Waals surface area contributed by atoms with E-state index in [1.165, 1.54) is 12.1 Å². The van der Waals surface area contributed by atoms with Gasteiger partial charge in [-0.15, -0.1) is 0 Å². The molecular formula is C12H9FN2O. The minimum Gasteiger partial charge on any atom is -0.321 e. The molecule has 4 heteroatoms. The summed E-state index contributed by atoms with van der Waals surface area (Å²) in [5, 5.41) is 11.4. The fraction of sp³-hybridized carbons (Fsp3) is 0.167. The zero-order valence-corrected chi connectivity index (χ0v) is 8.46. The lowest BCUT2D eigenvalue weighted by Gasteiger charge is -2.14. The number of nitrogens with zero attached hydrogens (tertiary/aromatic N) is 1. The number of hydrogen-bond donors (Lipinski definition) is 1. The highest BCUT2D eigenvalue weighted by Crippen LogP contribution is 2.21. The maximum absolute atomic E-state index is 12.8. The Morgan fingerprint density at radius 2 is 2.25 bits per heavy atom. The smallest absolute Gasteiger partial charge is 0.251 e. The van der Waals surface area contributed by atoms with Crippen LogP contribution in [0.5, 0.6) is 0 Å². The fourth-order valence-corrected chi connectivity index (χ4v) is 1.42. The highest BCUT2D eigenvalue weighted by Gasteiger charge is 2.16. The largest absolute Gasteiger partial charge is 0.321 e. The van der Waals surface area contributed by atoms with Crippen molar-refractivity contribution in [2.75, 3.05) is 5.32 Å². The van der Waals surface area contributed by atoms with Gasteiger partial charge in [0.1, 0.15) is 11.9 Å². The normalized spacial score (nSPS) is 13.4. The Morgan fingerprint density at radius 1 is 1.50 bits per heavy atom. The highest BCUT2D eigenvalue weighted by molar-refractivity contribution is 6.05. The average molecular weight is 216 g/mol. The zero-order chi connectivity index (χ0) is 11.5. The van der Waals surface area contributed by atoms with Gasteiger partial charge in [-0.2, -0.15) is 5.26 Å². The molecule has 2 rings (SSSR count). The first-order chi connectivity index (χ1) is 7.70. The quantitative estimate of drug-likeness (QED) is 0.825. The van der Waals surface area contributed by atoms with Gasteiger partial charge in [-0.25, -0.2) is 4.39 Å². The summed E-state index contributed by atoms with van der Waals surface area (Å²) in [6.45, 7) is 0. The molecule has 0 spiro atoms. The lowest BCUT2D eigenvalue weighted by molar-refractivity contribution is -0.113. The van der Waals surface area contributed by atoms with Crippen LogP contribution < -0.4 is 5.32 Å². The summed E-state index contributed by atoms with van der Waals surface area (Å²) in [6, 6.07) is 5.55. The van der Waals surface area contributed by atoms with Gasteiger partial charge in [0.05, 0.1) is 11.3 Å². The molecule has 0 bridgehead atoms. The van der Waals surface area contributed by atoms with Gasteiger partial charge in [0.25, 0.3) is 5.91 Å². The fourth-order valence-electron chi connectivity index (χ4n) is 1.42. The van der Waals surface area contributed by atoms with E-state index >= 15 is 0 Å². The summed E-state index contributed by atoms with van der Waals surface area (Å²) < 4.78 is 12.8. The average Bonchev–Trinajstić information content (AvgIpc) is 2.18. The molecule has 16 heavy (non-hydrogen) atoms. The molecule has 0 unspecified atom stereocenters.